The third kappa shape index (κ3) is 3.80. The van der Waals surface area contributed by atoms with E-state index in [-0.39, 0.29) is 5.56 Å². The van der Waals surface area contributed by atoms with E-state index in [1.807, 2.05) is 0 Å². The van der Waals surface area contributed by atoms with E-state index in [1.165, 1.54) is 6.07 Å². The molecule has 3 nitrogen and oxygen atoms in total. The minimum Gasteiger partial charge on any atom is -0.493 e. The van der Waals surface area contributed by atoms with Gasteiger partial charge in [0.05, 0.1) is 6.61 Å². The van der Waals surface area contributed by atoms with Gasteiger partial charge in [0, 0.05) is 5.88 Å². The standard InChI is InChI=1S/C11H13ClO3/c12-7-3-4-8-15-10-6-2-1-5-9(10)11(13)14/h1-2,5-6H,3-4,7-8H2,(H,13,14). The van der Waals surface area contributed by atoms with Crippen molar-refractivity contribution in [2.45, 2.75) is 12.8 Å². The van der Waals surface area contributed by atoms with Crippen LogP contribution in [0.4, 0.5) is 0 Å². The molecule has 15 heavy (non-hydrogen) atoms. The highest BCUT2D eigenvalue weighted by Crippen LogP contribution is 2.17. The Morgan fingerprint density at radius 3 is 2.73 bits per heavy atom. The highest BCUT2D eigenvalue weighted by molar-refractivity contribution is 6.17. The molecule has 0 saturated carbocycles. The molecule has 1 N–H and O–H groups in total. The van der Waals surface area contributed by atoms with E-state index < -0.39 is 5.97 Å². The Labute approximate surface area is 93.6 Å². The largest absolute Gasteiger partial charge is 0.493 e. The van der Waals surface area contributed by atoms with Gasteiger partial charge in [0.1, 0.15) is 11.3 Å². The van der Waals surface area contributed by atoms with Gasteiger partial charge in [-0.05, 0) is 25.0 Å². The van der Waals surface area contributed by atoms with Crippen LogP contribution in [0.1, 0.15) is 23.2 Å². The summed E-state index contributed by atoms with van der Waals surface area (Å²) in [6, 6.07) is 6.61. The van der Waals surface area contributed by atoms with E-state index >= 15 is 0 Å². The summed E-state index contributed by atoms with van der Waals surface area (Å²) < 4.78 is 5.36. The van der Waals surface area contributed by atoms with Gasteiger partial charge >= 0.3 is 5.97 Å². The first-order chi connectivity index (χ1) is 7.25. The predicted molar refractivity (Wildman–Crippen MR) is 58.9 cm³/mol. The van der Waals surface area contributed by atoms with Gasteiger partial charge in [-0.2, -0.15) is 0 Å². The number of benzene rings is 1. The maximum Gasteiger partial charge on any atom is 0.339 e. The van der Waals surface area contributed by atoms with Crippen LogP contribution in [0, 0.1) is 0 Å². The molecule has 0 radical (unpaired) electrons. The number of hydrogen-bond acceptors (Lipinski definition) is 2. The first kappa shape index (κ1) is 11.9. The SMILES string of the molecule is O=C(O)c1ccccc1OCCCCCl. The molecule has 1 aromatic rings. The molecule has 0 fully saturated rings. The Morgan fingerprint density at radius 1 is 1.33 bits per heavy atom. The van der Waals surface area contributed by atoms with Gasteiger partial charge in [0.15, 0.2) is 0 Å². The van der Waals surface area contributed by atoms with Crippen molar-refractivity contribution in [2.75, 3.05) is 12.5 Å². The number of ether oxygens (including phenoxy) is 1. The van der Waals surface area contributed by atoms with Crippen molar-refractivity contribution in [3.8, 4) is 5.75 Å². The molecule has 0 aliphatic carbocycles. The molecule has 1 aromatic carbocycles. The van der Waals surface area contributed by atoms with E-state index in [4.69, 9.17) is 21.4 Å². The molecular formula is C11H13ClO3. The summed E-state index contributed by atoms with van der Waals surface area (Å²) in [5.41, 5.74) is 0.198. The van der Waals surface area contributed by atoms with Crippen molar-refractivity contribution in [3.63, 3.8) is 0 Å². The second-order valence-corrected chi connectivity index (χ2v) is 3.42. The molecule has 0 atom stereocenters. The predicted octanol–water partition coefficient (Wildman–Crippen LogP) is 2.78. The summed E-state index contributed by atoms with van der Waals surface area (Å²) in [5.74, 6) is 0.0479. The number of carboxylic acid groups (broad SMARTS) is 1. The summed E-state index contributed by atoms with van der Waals surface area (Å²) in [6.45, 7) is 0.497. The van der Waals surface area contributed by atoms with Crippen LogP contribution >= 0.6 is 11.6 Å². The Kier molecular flexibility index (Phi) is 4.98. The Balaban J connectivity index is 2.56. The van der Waals surface area contributed by atoms with Crippen molar-refractivity contribution >= 4 is 17.6 Å². The number of hydrogen-bond donors (Lipinski definition) is 1. The molecular weight excluding hydrogens is 216 g/mol. The summed E-state index contributed by atoms with van der Waals surface area (Å²) in [4.78, 5) is 10.8. The van der Waals surface area contributed by atoms with Crippen LogP contribution in [0.3, 0.4) is 0 Å². The molecule has 0 spiro atoms. The normalized spacial score (nSPS) is 9.93. The summed E-state index contributed by atoms with van der Waals surface area (Å²) in [6.07, 6.45) is 1.70. The molecule has 82 valence electrons. The van der Waals surface area contributed by atoms with Crippen LogP contribution < -0.4 is 4.74 Å². The topological polar surface area (TPSA) is 46.5 Å². The number of rotatable bonds is 6. The lowest BCUT2D eigenvalue weighted by Gasteiger charge is -2.07. The lowest BCUT2D eigenvalue weighted by atomic mass is 10.2. The van der Waals surface area contributed by atoms with Gasteiger partial charge in [0.2, 0.25) is 0 Å². The highest BCUT2D eigenvalue weighted by Gasteiger charge is 2.09. The number of halogens is 1. The first-order valence-electron chi connectivity index (χ1n) is 4.77. The zero-order valence-electron chi connectivity index (χ0n) is 8.28. The van der Waals surface area contributed by atoms with E-state index in [9.17, 15) is 4.79 Å². The minimum absolute atomic E-state index is 0.198. The Hall–Kier alpha value is -1.22. The molecule has 0 unspecified atom stereocenters. The zero-order chi connectivity index (χ0) is 11.1. The number of alkyl halides is 1. The second-order valence-electron chi connectivity index (χ2n) is 3.05. The molecule has 0 aliphatic heterocycles. The van der Waals surface area contributed by atoms with Crippen molar-refractivity contribution in [1.29, 1.82) is 0 Å². The third-order valence-corrected chi connectivity index (χ3v) is 2.17. The van der Waals surface area contributed by atoms with Gasteiger partial charge in [-0.25, -0.2) is 4.79 Å². The monoisotopic (exact) mass is 228 g/mol. The van der Waals surface area contributed by atoms with E-state index in [0.29, 0.717) is 18.2 Å². The zero-order valence-corrected chi connectivity index (χ0v) is 9.04. The van der Waals surface area contributed by atoms with Crippen molar-refractivity contribution in [3.05, 3.63) is 29.8 Å². The van der Waals surface area contributed by atoms with Crippen LogP contribution in [-0.2, 0) is 0 Å². The number of carboxylic acids is 1. The molecule has 0 saturated heterocycles. The van der Waals surface area contributed by atoms with Crippen molar-refractivity contribution in [2.24, 2.45) is 0 Å². The molecule has 0 heterocycles. The van der Waals surface area contributed by atoms with Gasteiger partial charge in [-0.3, -0.25) is 0 Å². The quantitative estimate of drug-likeness (QED) is 0.602. The summed E-state index contributed by atoms with van der Waals surface area (Å²) >= 11 is 5.52. The van der Waals surface area contributed by atoms with Gasteiger partial charge in [-0.1, -0.05) is 12.1 Å². The van der Waals surface area contributed by atoms with Crippen LogP contribution in [-0.4, -0.2) is 23.6 Å². The molecule has 1 rings (SSSR count). The van der Waals surface area contributed by atoms with Gasteiger partial charge < -0.3 is 9.84 Å². The van der Waals surface area contributed by atoms with E-state index in [2.05, 4.69) is 0 Å². The Morgan fingerprint density at radius 2 is 2.07 bits per heavy atom. The molecule has 4 heteroatoms. The van der Waals surface area contributed by atoms with Crippen LogP contribution in [0.15, 0.2) is 24.3 Å². The van der Waals surface area contributed by atoms with Crippen molar-refractivity contribution < 1.29 is 14.6 Å². The van der Waals surface area contributed by atoms with Gasteiger partial charge in [-0.15, -0.1) is 11.6 Å². The summed E-state index contributed by atoms with van der Waals surface area (Å²) in [5, 5.41) is 8.87. The minimum atomic E-state index is -0.969. The van der Waals surface area contributed by atoms with E-state index in [0.717, 1.165) is 12.8 Å². The van der Waals surface area contributed by atoms with Crippen LogP contribution in [0.5, 0.6) is 5.75 Å². The van der Waals surface area contributed by atoms with Crippen LogP contribution in [0.25, 0.3) is 0 Å². The third-order valence-electron chi connectivity index (χ3n) is 1.90. The second kappa shape index (κ2) is 6.30. The number of aromatic carboxylic acids is 1. The number of para-hydroxylation sites is 1. The molecule has 0 aromatic heterocycles. The first-order valence-corrected chi connectivity index (χ1v) is 5.30. The molecule has 0 amide bonds. The molecule has 0 aliphatic rings. The van der Waals surface area contributed by atoms with Crippen LogP contribution in [0.2, 0.25) is 0 Å². The lowest BCUT2D eigenvalue weighted by Crippen LogP contribution is -2.04. The smallest absolute Gasteiger partial charge is 0.339 e. The maximum absolute atomic E-state index is 10.8. The molecule has 0 bridgehead atoms. The fraction of sp³-hybridized carbons (Fsp3) is 0.364. The lowest BCUT2D eigenvalue weighted by molar-refractivity contribution is 0.0692. The fourth-order valence-corrected chi connectivity index (χ4v) is 1.34. The van der Waals surface area contributed by atoms with Gasteiger partial charge in [0.25, 0.3) is 0 Å². The van der Waals surface area contributed by atoms with Crippen molar-refractivity contribution in [1.82, 2.24) is 0 Å². The average Bonchev–Trinajstić information content (AvgIpc) is 2.25. The Bertz CT molecular complexity index is 325. The number of unbranched alkanes of at least 4 members (excludes halogenated alkanes) is 1. The fourth-order valence-electron chi connectivity index (χ4n) is 1.15. The maximum atomic E-state index is 10.8. The highest BCUT2D eigenvalue weighted by atomic mass is 35.5. The average molecular weight is 229 g/mol. The number of carbonyl (C=O) groups is 1. The summed E-state index contributed by atoms with van der Waals surface area (Å²) in [7, 11) is 0. The van der Waals surface area contributed by atoms with E-state index in [1.54, 1.807) is 18.2 Å².